The molecule has 0 radical (unpaired) electrons. The zero-order chi connectivity index (χ0) is 22.5. The predicted molar refractivity (Wildman–Crippen MR) is 129 cm³/mol. The Morgan fingerprint density at radius 3 is 2.55 bits per heavy atom. The van der Waals surface area contributed by atoms with Crippen molar-refractivity contribution in [2.45, 2.75) is 20.0 Å². The van der Waals surface area contributed by atoms with Crippen LogP contribution in [-0.2, 0) is 24.8 Å². The lowest BCUT2D eigenvalue weighted by atomic mass is 9.92. The molecule has 0 saturated carbocycles. The molecule has 4 heteroatoms. The molecule has 6 rings (SSSR count). The first kappa shape index (κ1) is 19.7. The van der Waals surface area contributed by atoms with Crippen molar-refractivity contribution in [1.82, 2.24) is 0 Å². The summed E-state index contributed by atoms with van der Waals surface area (Å²) in [6.07, 6.45) is 2.93. The fourth-order valence-corrected chi connectivity index (χ4v) is 5.00. The van der Waals surface area contributed by atoms with E-state index in [4.69, 9.17) is 9.15 Å². The van der Waals surface area contributed by atoms with Crippen molar-refractivity contribution in [2.75, 3.05) is 6.61 Å². The largest absolute Gasteiger partial charge is 0.454 e. The second-order valence-corrected chi connectivity index (χ2v) is 8.70. The maximum absolute atomic E-state index is 9.95. The number of aryl methyl sites for hydroxylation is 2. The standard InChI is InChI=1S/C29H23N2O2/c1-18-6-10-23-24-11-9-21(16-30)27(20-7-8-22-17-32-14-12-19(22)15-20)29(24)33-28(23)26(18)25-5-3-4-13-31(25)2/h3-11,13,15H,12,14,17H2,1-2H3/q+1. The number of fused-ring (bicyclic) bond motifs is 4. The van der Waals surface area contributed by atoms with Gasteiger partial charge in [-0.2, -0.15) is 5.26 Å². The highest BCUT2D eigenvalue weighted by Gasteiger charge is 2.23. The van der Waals surface area contributed by atoms with Crippen LogP contribution in [0.5, 0.6) is 0 Å². The summed E-state index contributed by atoms with van der Waals surface area (Å²) in [5.41, 5.74) is 9.95. The monoisotopic (exact) mass is 431 g/mol. The minimum atomic E-state index is 0.622. The number of rotatable bonds is 2. The first-order chi connectivity index (χ1) is 16.2. The van der Waals surface area contributed by atoms with Gasteiger partial charge in [0, 0.05) is 28.5 Å². The number of nitrogens with zero attached hydrogens (tertiary/aromatic N) is 2. The third-order valence-electron chi connectivity index (χ3n) is 6.72. The molecule has 0 bridgehead atoms. The summed E-state index contributed by atoms with van der Waals surface area (Å²) < 4.78 is 14.4. The van der Waals surface area contributed by atoms with Gasteiger partial charge in [0.25, 0.3) is 0 Å². The minimum absolute atomic E-state index is 0.622. The van der Waals surface area contributed by atoms with E-state index < -0.39 is 0 Å². The number of ether oxygens (including phenoxy) is 1. The number of benzene rings is 3. The lowest BCUT2D eigenvalue weighted by molar-refractivity contribution is -0.660. The number of pyridine rings is 1. The van der Waals surface area contributed by atoms with Gasteiger partial charge in [-0.05, 0) is 53.8 Å². The highest BCUT2D eigenvalue weighted by atomic mass is 16.5. The summed E-state index contributed by atoms with van der Waals surface area (Å²) in [5, 5.41) is 12.0. The molecule has 1 aliphatic heterocycles. The van der Waals surface area contributed by atoms with E-state index in [0.717, 1.165) is 62.9 Å². The third kappa shape index (κ3) is 3.05. The molecule has 3 heterocycles. The van der Waals surface area contributed by atoms with E-state index in [2.05, 4.69) is 54.0 Å². The molecule has 4 nitrogen and oxygen atoms in total. The maximum atomic E-state index is 9.95. The number of hydrogen-bond acceptors (Lipinski definition) is 3. The van der Waals surface area contributed by atoms with Gasteiger partial charge in [-0.25, -0.2) is 4.57 Å². The molecular weight excluding hydrogens is 408 g/mol. The lowest BCUT2D eigenvalue weighted by Gasteiger charge is -2.17. The average Bonchev–Trinajstić information content (AvgIpc) is 3.22. The third-order valence-corrected chi connectivity index (χ3v) is 6.72. The zero-order valence-electron chi connectivity index (χ0n) is 18.7. The zero-order valence-corrected chi connectivity index (χ0v) is 18.7. The molecule has 0 atom stereocenters. The molecule has 5 aromatic rings. The van der Waals surface area contributed by atoms with Crippen molar-refractivity contribution in [3.05, 3.63) is 89.1 Å². The van der Waals surface area contributed by atoms with Crippen LogP contribution in [0, 0.1) is 18.3 Å². The molecule has 0 N–H and O–H groups in total. The Kier molecular flexibility index (Phi) is 4.53. The van der Waals surface area contributed by atoms with Crippen LogP contribution in [0.1, 0.15) is 22.3 Å². The molecule has 3 aromatic carbocycles. The molecule has 0 fully saturated rings. The molecule has 0 aliphatic carbocycles. The van der Waals surface area contributed by atoms with Gasteiger partial charge in [-0.15, -0.1) is 0 Å². The SMILES string of the molecule is Cc1ccc2c(oc3c(-c4ccc5c(c4)CCOC5)c(C#N)ccc32)c1-c1cccc[n+]1C. The van der Waals surface area contributed by atoms with Crippen LogP contribution in [0.4, 0.5) is 0 Å². The molecule has 0 unspecified atom stereocenters. The van der Waals surface area contributed by atoms with E-state index >= 15 is 0 Å². The van der Waals surface area contributed by atoms with E-state index in [9.17, 15) is 5.26 Å². The Balaban J connectivity index is 1.68. The summed E-state index contributed by atoms with van der Waals surface area (Å²) in [4.78, 5) is 0. The highest BCUT2D eigenvalue weighted by molar-refractivity contribution is 6.14. The van der Waals surface area contributed by atoms with Crippen molar-refractivity contribution in [1.29, 1.82) is 5.26 Å². The summed E-state index contributed by atoms with van der Waals surface area (Å²) in [6, 6.07) is 23.2. The van der Waals surface area contributed by atoms with E-state index in [1.54, 1.807) is 0 Å². The predicted octanol–water partition coefficient (Wildman–Crippen LogP) is 6.00. The quantitative estimate of drug-likeness (QED) is 0.322. The molecule has 0 spiro atoms. The van der Waals surface area contributed by atoms with Crippen LogP contribution < -0.4 is 4.57 Å². The average molecular weight is 432 g/mol. The summed E-state index contributed by atoms with van der Waals surface area (Å²) in [6.45, 7) is 3.49. The topological polar surface area (TPSA) is 50.0 Å². The van der Waals surface area contributed by atoms with Crippen LogP contribution in [0.2, 0.25) is 0 Å². The second-order valence-electron chi connectivity index (χ2n) is 8.70. The van der Waals surface area contributed by atoms with E-state index in [0.29, 0.717) is 12.2 Å². The Morgan fingerprint density at radius 1 is 0.909 bits per heavy atom. The van der Waals surface area contributed by atoms with Crippen LogP contribution in [0.25, 0.3) is 44.3 Å². The van der Waals surface area contributed by atoms with E-state index in [1.807, 2.05) is 37.5 Å². The molecule has 33 heavy (non-hydrogen) atoms. The van der Waals surface area contributed by atoms with Gasteiger partial charge < -0.3 is 9.15 Å². The van der Waals surface area contributed by atoms with E-state index in [1.165, 1.54) is 11.1 Å². The Labute approximate surface area is 192 Å². The number of nitriles is 1. The Bertz CT molecular complexity index is 1600. The van der Waals surface area contributed by atoms with Gasteiger partial charge in [-0.1, -0.05) is 30.3 Å². The van der Waals surface area contributed by atoms with Crippen molar-refractivity contribution in [3.8, 4) is 28.5 Å². The number of furan rings is 1. The fourth-order valence-electron chi connectivity index (χ4n) is 5.00. The fraction of sp³-hybridized carbons (Fsp3) is 0.172. The van der Waals surface area contributed by atoms with Crippen molar-refractivity contribution >= 4 is 21.9 Å². The second kappa shape index (κ2) is 7.58. The van der Waals surface area contributed by atoms with Gasteiger partial charge in [0.1, 0.15) is 18.2 Å². The number of aromatic nitrogens is 1. The summed E-state index contributed by atoms with van der Waals surface area (Å²) in [7, 11) is 2.05. The maximum Gasteiger partial charge on any atom is 0.216 e. The molecule has 160 valence electrons. The normalized spacial score (nSPS) is 13.2. The molecule has 0 saturated heterocycles. The van der Waals surface area contributed by atoms with Crippen molar-refractivity contribution < 1.29 is 13.7 Å². The van der Waals surface area contributed by atoms with Crippen molar-refractivity contribution in [3.63, 3.8) is 0 Å². The number of hydrogen-bond donors (Lipinski definition) is 0. The van der Waals surface area contributed by atoms with E-state index in [-0.39, 0.29) is 0 Å². The first-order valence-corrected chi connectivity index (χ1v) is 11.2. The Morgan fingerprint density at radius 2 is 1.73 bits per heavy atom. The molecule has 1 aliphatic rings. The summed E-state index contributed by atoms with van der Waals surface area (Å²) >= 11 is 0. The van der Waals surface area contributed by atoms with Crippen LogP contribution in [-0.4, -0.2) is 6.61 Å². The molecule has 0 amide bonds. The van der Waals surface area contributed by atoms with Gasteiger partial charge in [-0.3, -0.25) is 0 Å². The van der Waals surface area contributed by atoms with Crippen LogP contribution in [0.3, 0.4) is 0 Å². The molecule has 2 aromatic heterocycles. The summed E-state index contributed by atoms with van der Waals surface area (Å²) in [5.74, 6) is 0. The van der Waals surface area contributed by atoms with Gasteiger partial charge in [0.15, 0.2) is 6.20 Å². The van der Waals surface area contributed by atoms with Crippen LogP contribution >= 0.6 is 0 Å². The highest BCUT2D eigenvalue weighted by Crippen LogP contribution is 2.42. The van der Waals surface area contributed by atoms with Gasteiger partial charge in [0.2, 0.25) is 5.69 Å². The van der Waals surface area contributed by atoms with Crippen LogP contribution in [0.15, 0.2) is 71.3 Å². The minimum Gasteiger partial charge on any atom is -0.454 e. The smallest absolute Gasteiger partial charge is 0.216 e. The Hall–Kier alpha value is -3.94. The van der Waals surface area contributed by atoms with Crippen molar-refractivity contribution in [2.24, 2.45) is 7.05 Å². The van der Waals surface area contributed by atoms with Gasteiger partial charge >= 0.3 is 0 Å². The lowest BCUT2D eigenvalue weighted by Crippen LogP contribution is -2.30. The first-order valence-electron chi connectivity index (χ1n) is 11.2. The van der Waals surface area contributed by atoms with Gasteiger partial charge in [0.05, 0.1) is 30.4 Å². The molecular formula is C29H23N2O2+.